The van der Waals surface area contributed by atoms with Gasteiger partial charge in [0, 0.05) is 33.8 Å². The predicted molar refractivity (Wildman–Crippen MR) is 166 cm³/mol. The molecule has 0 amide bonds. The van der Waals surface area contributed by atoms with Crippen molar-refractivity contribution < 1.29 is 0 Å². The number of aromatic nitrogens is 2. The molecule has 0 saturated carbocycles. The van der Waals surface area contributed by atoms with E-state index in [0.717, 1.165) is 63.0 Å². The van der Waals surface area contributed by atoms with Gasteiger partial charge >= 0.3 is 0 Å². The number of hydrogen-bond donors (Lipinski definition) is 2. The Bertz CT molecular complexity index is 1680. The van der Waals surface area contributed by atoms with Crippen LogP contribution in [0, 0.1) is 0 Å². The Balaban J connectivity index is 0.991. The first-order valence-corrected chi connectivity index (χ1v) is 14.6. The number of unbranched alkanes of at least 4 members (excludes halogenated alkanes) is 3. The fourth-order valence-corrected chi connectivity index (χ4v) is 6.24. The van der Waals surface area contributed by atoms with E-state index >= 15 is 0 Å². The summed E-state index contributed by atoms with van der Waals surface area (Å²) >= 11 is 1.99. The zero-order valence-electron chi connectivity index (χ0n) is 21.5. The molecule has 5 heteroatoms. The number of anilines is 2. The highest BCUT2D eigenvalue weighted by molar-refractivity contribution is 7.98. The number of benzene rings is 4. The Kier molecular flexibility index (Phi) is 7.27. The molecule has 2 heterocycles. The summed E-state index contributed by atoms with van der Waals surface area (Å²) in [4.78, 5) is 9.77. The molecule has 0 aliphatic carbocycles. The molecule has 2 aromatic heterocycles. The molecule has 0 saturated heterocycles. The topological polar surface area (TPSA) is 63.8 Å². The van der Waals surface area contributed by atoms with Gasteiger partial charge in [0.05, 0.1) is 33.4 Å². The highest BCUT2D eigenvalue weighted by atomic mass is 32.2. The lowest BCUT2D eigenvalue weighted by molar-refractivity contribution is 0.689. The smallest absolute Gasteiger partial charge is 0.0770 e. The molecule has 0 radical (unpaired) electrons. The number of nitrogen functional groups attached to an aromatic ring is 1. The average molecular weight is 517 g/mol. The molecule has 6 rings (SSSR count). The number of nitrogens with two attached hydrogens (primary N) is 1. The van der Waals surface area contributed by atoms with Gasteiger partial charge in [-0.3, -0.25) is 0 Å². The summed E-state index contributed by atoms with van der Waals surface area (Å²) in [5.41, 5.74) is 13.9. The summed E-state index contributed by atoms with van der Waals surface area (Å²) in [7, 11) is 0. The van der Waals surface area contributed by atoms with Crippen molar-refractivity contribution in [2.45, 2.75) is 31.4 Å². The van der Waals surface area contributed by atoms with E-state index in [-0.39, 0.29) is 0 Å². The second-order valence-corrected chi connectivity index (χ2v) is 10.9. The maximum atomic E-state index is 6.49. The molecular formula is C33H32N4S. The van der Waals surface area contributed by atoms with Crippen LogP contribution in [-0.2, 0) is 5.75 Å². The number of thioether (sulfide) groups is 1. The molecule has 4 nitrogen and oxygen atoms in total. The largest absolute Gasteiger partial charge is 0.398 e. The average Bonchev–Trinajstić information content (AvgIpc) is 2.96. The Labute approximate surface area is 227 Å². The summed E-state index contributed by atoms with van der Waals surface area (Å²) in [5, 5.41) is 8.21. The second kappa shape index (κ2) is 11.3. The fraction of sp³-hybridized carbons (Fsp3) is 0.212. The van der Waals surface area contributed by atoms with E-state index in [4.69, 9.17) is 15.7 Å². The number of hydrogen-bond acceptors (Lipinski definition) is 5. The van der Waals surface area contributed by atoms with E-state index in [1.54, 1.807) is 0 Å². The van der Waals surface area contributed by atoms with Crippen LogP contribution in [0.1, 0.15) is 31.2 Å². The lowest BCUT2D eigenvalue weighted by Gasteiger charge is -2.13. The molecule has 3 N–H and O–H groups in total. The molecular weight excluding hydrogens is 484 g/mol. The third kappa shape index (κ3) is 4.99. The van der Waals surface area contributed by atoms with Crippen LogP contribution in [0.5, 0.6) is 0 Å². The van der Waals surface area contributed by atoms with Crippen LogP contribution < -0.4 is 11.1 Å². The van der Waals surface area contributed by atoms with Crippen molar-refractivity contribution in [3.63, 3.8) is 0 Å². The van der Waals surface area contributed by atoms with Crippen LogP contribution in [0.2, 0.25) is 0 Å². The zero-order chi connectivity index (χ0) is 25.7. The van der Waals surface area contributed by atoms with Crippen LogP contribution in [0.25, 0.3) is 43.6 Å². The minimum absolute atomic E-state index is 0.832. The van der Waals surface area contributed by atoms with Crippen molar-refractivity contribution in [2.24, 2.45) is 0 Å². The summed E-state index contributed by atoms with van der Waals surface area (Å²) in [6, 6.07) is 31.3. The molecule has 4 aromatic carbocycles. The van der Waals surface area contributed by atoms with E-state index in [1.165, 1.54) is 41.3 Å². The fourth-order valence-electron chi connectivity index (χ4n) is 5.23. The molecule has 0 bridgehead atoms. The van der Waals surface area contributed by atoms with Crippen LogP contribution >= 0.6 is 11.8 Å². The van der Waals surface area contributed by atoms with Crippen LogP contribution in [0.4, 0.5) is 11.4 Å². The molecule has 0 aliphatic heterocycles. The molecule has 190 valence electrons. The van der Waals surface area contributed by atoms with Crippen molar-refractivity contribution in [2.75, 3.05) is 23.3 Å². The summed E-state index contributed by atoms with van der Waals surface area (Å²) in [6.07, 6.45) is 4.87. The van der Waals surface area contributed by atoms with Crippen molar-refractivity contribution in [3.05, 3.63) is 96.6 Å². The highest BCUT2D eigenvalue weighted by Crippen LogP contribution is 2.32. The number of rotatable bonds is 10. The lowest BCUT2D eigenvalue weighted by Crippen LogP contribution is -2.03. The minimum atomic E-state index is 0.832. The molecule has 0 spiro atoms. The van der Waals surface area contributed by atoms with Gasteiger partial charge in [0.2, 0.25) is 0 Å². The molecule has 6 aromatic rings. The number of nitrogens with zero attached hydrogens (tertiary/aromatic N) is 2. The third-order valence-corrected chi connectivity index (χ3v) is 8.29. The van der Waals surface area contributed by atoms with E-state index < -0.39 is 0 Å². The molecule has 0 atom stereocenters. The van der Waals surface area contributed by atoms with E-state index in [1.807, 2.05) is 30.0 Å². The lowest BCUT2D eigenvalue weighted by atomic mass is 10.1. The molecule has 0 aliphatic rings. The van der Waals surface area contributed by atoms with E-state index in [9.17, 15) is 0 Å². The quantitative estimate of drug-likeness (QED) is 0.141. The maximum absolute atomic E-state index is 6.49. The van der Waals surface area contributed by atoms with E-state index in [2.05, 4.69) is 78.1 Å². The van der Waals surface area contributed by atoms with Crippen molar-refractivity contribution in [1.82, 2.24) is 9.97 Å². The molecule has 0 unspecified atom stereocenters. The Morgan fingerprint density at radius 1 is 0.605 bits per heavy atom. The van der Waals surface area contributed by atoms with Gasteiger partial charge in [-0.25, -0.2) is 9.97 Å². The van der Waals surface area contributed by atoms with Crippen LogP contribution in [-0.4, -0.2) is 22.3 Å². The maximum Gasteiger partial charge on any atom is 0.0770 e. The van der Waals surface area contributed by atoms with Gasteiger partial charge in [0.15, 0.2) is 0 Å². The Hall–Kier alpha value is -3.83. The third-order valence-electron chi connectivity index (χ3n) is 7.20. The highest BCUT2D eigenvalue weighted by Gasteiger charge is 2.10. The van der Waals surface area contributed by atoms with Gasteiger partial charge in [-0.2, -0.15) is 11.8 Å². The summed E-state index contributed by atoms with van der Waals surface area (Å²) in [6.45, 7) is 0.974. The predicted octanol–water partition coefficient (Wildman–Crippen LogP) is 8.58. The standard InChI is InChI=1S/C33H32N4S/c34-31-24-13-3-6-17-28(24)37-32-23(12-11-16-27(31)32)22-38-21-10-2-1-9-20-35-33-25-14-4-7-18-29(25)36-30-19-8-5-15-26(30)33/h3-8,11-19H,1-2,9-10,20-22H2,(H2,34,37)(H,35,36). The summed E-state index contributed by atoms with van der Waals surface area (Å²) in [5.74, 6) is 2.12. The van der Waals surface area contributed by atoms with Gasteiger partial charge in [0.1, 0.15) is 0 Å². The van der Waals surface area contributed by atoms with Gasteiger partial charge in [-0.1, -0.05) is 85.6 Å². The van der Waals surface area contributed by atoms with Gasteiger partial charge in [0.25, 0.3) is 0 Å². The SMILES string of the molecule is Nc1c2ccccc2nc2c(CSCCCCCCNc3c4ccccc4nc4ccccc34)cccc12. The zero-order valence-corrected chi connectivity index (χ0v) is 22.3. The summed E-state index contributed by atoms with van der Waals surface area (Å²) < 4.78 is 0. The van der Waals surface area contributed by atoms with Gasteiger partial charge in [-0.15, -0.1) is 0 Å². The van der Waals surface area contributed by atoms with Crippen LogP contribution in [0.3, 0.4) is 0 Å². The monoisotopic (exact) mass is 516 g/mol. The number of nitrogens with one attached hydrogen (secondary N) is 1. The first-order valence-electron chi connectivity index (χ1n) is 13.4. The molecule has 0 fully saturated rings. The van der Waals surface area contributed by atoms with Crippen molar-refractivity contribution in [3.8, 4) is 0 Å². The number of para-hydroxylation sites is 4. The number of pyridine rings is 2. The first kappa shape index (κ1) is 24.5. The number of fused-ring (bicyclic) bond motifs is 4. The van der Waals surface area contributed by atoms with Gasteiger partial charge < -0.3 is 11.1 Å². The van der Waals surface area contributed by atoms with Crippen molar-refractivity contribution >= 4 is 66.7 Å². The van der Waals surface area contributed by atoms with Gasteiger partial charge in [-0.05, 0) is 42.4 Å². The van der Waals surface area contributed by atoms with Crippen molar-refractivity contribution in [1.29, 1.82) is 0 Å². The Morgan fingerprint density at radius 3 is 1.95 bits per heavy atom. The molecule has 38 heavy (non-hydrogen) atoms. The minimum Gasteiger partial charge on any atom is -0.398 e. The van der Waals surface area contributed by atoms with E-state index in [0.29, 0.717) is 0 Å². The Morgan fingerprint density at radius 2 is 1.21 bits per heavy atom. The normalized spacial score (nSPS) is 11.6. The second-order valence-electron chi connectivity index (χ2n) is 9.77. The van der Waals surface area contributed by atoms with Crippen LogP contribution in [0.15, 0.2) is 91.0 Å². The first-order chi connectivity index (χ1) is 18.8.